The summed E-state index contributed by atoms with van der Waals surface area (Å²) in [5, 5.41) is 2.38. The van der Waals surface area contributed by atoms with Gasteiger partial charge in [0.25, 0.3) is 17.4 Å². The highest BCUT2D eigenvalue weighted by molar-refractivity contribution is 6.34. The molecule has 4 aromatic rings. The monoisotopic (exact) mass is 495 g/mol. The van der Waals surface area contributed by atoms with E-state index in [1.54, 1.807) is 42.9 Å². The Labute approximate surface area is 203 Å². The lowest BCUT2D eigenvalue weighted by Gasteiger charge is -2.11. The van der Waals surface area contributed by atoms with E-state index in [1.807, 2.05) is 6.07 Å². The molecule has 0 aliphatic rings. The summed E-state index contributed by atoms with van der Waals surface area (Å²) in [4.78, 5) is 41.1. The number of halogens is 2. The van der Waals surface area contributed by atoms with Gasteiger partial charge in [-0.25, -0.2) is 14.1 Å². The molecule has 4 rings (SSSR count). The fraction of sp³-hybridized carbons (Fsp3) is 0.0833. The highest BCUT2D eigenvalue weighted by Gasteiger charge is 2.23. The zero-order chi connectivity index (χ0) is 25.3. The molecule has 0 fully saturated rings. The average Bonchev–Trinajstić information content (AvgIpc) is 3.05. The van der Waals surface area contributed by atoms with Crippen LogP contribution in [0, 0.1) is 12.7 Å². The second-order valence-corrected chi connectivity index (χ2v) is 7.85. The second-order valence-electron chi connectivity index (χ2n) is 7.47. The predicted octanol–water partition coefficient (Wildman–Crippen LogP) is 3.82. The van der Waals surface area contributed by atoms with Crippen molar-refractivity contribution < 1.29 is 18.7 Å². The topological polar surface area (TPSA) is 121 Å². The summed E-state index contributed by atoms with van der Waals surface area (Å²) in [7, 11) is 1.67. The number of nitrogens with two attached hydrogens (primary N) is 1. The highest BCUT2D eigenvalue weighted by atomic mass is 35.5. The van der Waals surface area contributed by atoms with Gasteiger partial charge in [0, 0.05) is 31.1 Å². The van der Waals surface area contributed by atoms with Gasteiger partial charge in [0.2, 0.25) is 0 Å². The summed E-state index contributed by atoms with van der Waals surface area (Å²) >= 11 is 6.06. The van der Waals surface area contributed by atoms with Gasteiger partial charge in [0.05, 0.1) is 11.4 Å². The molecule has 0 aliphatic heterocycles. The van der Waals surface area contributed by atoms with Gasteiger partial charge in [0.15, 0.2) is 11.6 Å². The first-order valence-electron chi connectivity index (χ1n) is 10.3. The Morgan fingerprint density at radius 1 is 1.11 bits per heavy atom. The Hall–Kier alpha value is -4.44. The molecular weight excluding hydrogens is 477 g/mol. The van der Waals surface area contributed by atoms with E-state index in [9.17, 15) is 18.8 Å². The molecule has 2 aromatic carbocycles. The maximum atomic E-state index is 14.7. The van der Waals surface area contributed by atoms with E-state index in [0.29, 0.717) is 11.4 Å². The first kappa shape index (κ1) is 23.7. The van der Waals surface area contributed by atoms with Crippen LogP contribution in [-0.4, -0.2) is 26.2 Å². The molecule has 0 saturated heterocycles. The van der Waals surface area contributed by atoms with Gasteiger partial charge in [0.1, 0.15) is 22.0 Å². The lowest BCUT2D eigenvalue weighted by molar-refractivity contribution is 0.0993. The Morgan fingerprint density at radius 2 is 1.83 bits per heavy atom. The summed E-state index contributed by atoms with van der Waals surface area (Å²) < 4.78 is 23.1. The van der Waals surface area contributed by atoms with Crippen LogP contribution in [0.4, 0.5) is 10.1 Å². The average molecular weight is 496 g/mol. The maximum absolute atomic E-state index is 14.7. The Morgan fingerprint density at radius 3 is 2.49 bits per heavy atom. The van der Waals surface area contributed by atoms with Gasteiger partial charge in [-0.3, -0.25) is 19.1 Å². The summed E-state index contributed by atoms with van der Waals surface area (Å²) in [6.07, 6.45) is 1.25. The fourth-order valence-corrected chi connectivity index (χ4v) is 3.72. The second kappa shape index (κ2) is 9.43. The van der Waals surface area contributed by atoms with Crippen LogP contribution >= 0.6 is 11.6 Å². The smallest absolute Gasteiger partial charge is 0.284 e. The number of para-hydroxylation sites is 1. The Kier molecular flexibility index (Phi) is 6.39. The quantitative estimate of drug-likeness (QED) is 0.421. The van der Waals surface area contributed by atoms with Crippen LogP contribution in [0.1, 0.15) is 26.5 Å². The zero-order valence-electron chi connectivity index (χ0n) is 18.6. The summed E-state index contributed by atoms with van der Waals surface area (Å²) in [6, 6.07) is 13.9. The van der Waals surface area contributed by atoms with Gasteiger partial charge in [-0.1, -0.05) is 29.8 Å². The zero-order valence-corrected chi connectivity index (χ0v) is 19.3. The number of nitrogens with one attached hydrogen (secondary N) is 1. The molecule has 11 heteroatoms. The van der Waals surface area contributed by atoms with Crippen molar-refractivity contribution in [2.45, 2.75) is 6.92 Å². The van der Waals surface area contributed by atoms with E-state index in [1.165, 1.54) is 29.1 Å². The minimum absolute atomic E-state index is 0.0208. The number of primary amides is 1. The van der Waals surface area contributed by atoms with E-state index in [2.05, 4.69) is 10.3 Å². The minimum atomic E-state index is -0.860. The van der Waals surface area contributed by atoms with E-state index in [0.717, 1.165) is 6.07 Å². The van der Waals surface area contributed by atoms with Crippen molar-refractivity contribution in [1.82, 2.24) is 14.3 Å². The first-order valence-corrected chi connectivity index (χ1v) is 10.6. The van der Waals surface area contributed by atoms with Crippen molar-refractivity contribution in [3.8, 4) is 17.2 Å². The van der Waals surface area contributed by atoms with Crippen LogP contribution in [0.5, 0.6) is 11.5 Å². The molecule has 0 bridgehead atoms. The highest BCUT2D eigenvalue weighted by Crippen LogP contribution is 2.33. The van der Waals surface area contributed by atoms with Crippen molar-refractivity contribution in [3.05, 3.63) is 98.9 Å². The number of anilines is 1. The van der Waals surface area contributed by atoms with Gasteiger partial charge in [-0.15, -0.1) is 0 Å². The maximum Gasteiger partial charge on any atom is 0.284 e. The van der Waals surface area contributed by atoms with Crippen molar-refractivity contribution in [2.75, 3.05) is 5.32 Å². The largest absolute Gasteiger partial charge is 0.453 e. The normalized spacial score (nSPS) is 10.7. The molecule has 0 radical (unpaired) electrons. The number of carbonyl (C=O) groups excluding carboxylic acids is 2. The van der Waals surface area contributed by atoms with Gasteiger partial charge in [-0.05, 0) is 31.2 Å². The number of ether oxygens (including phenoxy) is 1. The molecule has 35 heavy (non-hydrogen) atoms. The molecule has 2 amide bonds. The third kappa shape index (κ3) is 4.51. The number of carbonyl (C=O) groups is 2. The molecule has 3 N–H and O–H groups in total. The lowest BCUT2D eigenvalue weighted by Crippen LogP contribution is -2.25. The summed E-state index contributed by atoms with van der Waals surface area (Å²) in [5.74, 6) is -2.60. The van der Waals surface area contributed by atoms with Crippen LogP contribution in [0.3, 0.4) is 0 Å². The van der Waals surface area contributed by atoms with Crippen molar-refractivity contribution in [1.29, 1.82) is 0 Å². The summed E-state index contributed by atoms with van der Waals surface area (Å²) in [5.41, 5.74) is 5.56. The van der Waals surface area contributed by atoms with Gasteiger partial charge >= 0.3 is 0 Å². The number of nitrogens with zero attached hydrogens (tertiary/aromatic N) is 3. The minimum Gasteiger partial charge on any atom is -0.453 e. The number of hydrogen-bond acceptors (Lipinski definition) is 5. The van der Waals surface area contributed by atoms with Gasteiger partial charge in [-0.2, -0.15) is 0 Å². The number of benzene rings is 2. The molecule has 0 spiro atoms. The lowest BCUT2D eigenvalue weighted by atomic mass is 10.2. The third-order valence-corrected chi connectivity index (χ3v) is 5.64. The Balaban J connectivity index is 1.59. The van der Waals surface area contributed by atoms with E-state index < -0.39 is 23.2 Å². The third-order valence-electron chi connectivity index (χ3n) is 5.28. The molecule has 178 valence electrons. The number of aromatic nitrogens is 3. The van der Waals surface area contributed by atoms with Crippen LogP contribution in [0.15, 0.2) is 65.6 Å². The predicted molar refractivity (Wildman–Crippen MR) is 128 cm³/mol. The van der Waals surface area contributed by atoms with Crippen LogP contribution in [0.2, 0.25) is 5.02 Å². The first-order chi connectivity index (χ1) is 16.7. The SMILES string of the molecule is Cc1c(C(=O)Nc2ccc(Oc3ccnc(C(N)=O)c3Cl)c(F)c2)c(=O)n(-c2ccccc2)n1C. The molecule has 0 aliphatic carbocycles. The number of hydrogen-bond donors (Lipinski definition) is 2. The van der Waals surface area contributed by atoms with Gasteiger partial charge < -0.3 is 15.8 Å². The molecule has 0 atom stereocenters. The van der Waals surface area contributed by atoms with Crippen molar-refractivity contribution in [3.63, 3.8) is 0 Å². The van der Waals surface area contributed by atoms with E-state index in [-0.39, 0.29) is 33.5 Å². The number of amides is 2. The fourth-order valence-electron chi connectivity index (χ4n) is 3.48. The van der Waals surface area contributed by atoms with E-state index >= 15 is 0 Å². The van der Waals surface area contributed by atoms with E-state index in [4.69, 9.17) is 22.1 Å². The molecule has 2 heterocycles. The van der Waals surface area contributed by atoms with Crippen LogP contribution in [-0.2, 0) is 7.05 Å². The number of pyridine rings is 1. The molecule has 0 saturated carbocycles. The molecule has 9 nitrogen and oxygen atoms in total. The molecule has 2 aromatic heterocycles. The van der Waals surface area contributed by atoms with Crippen LogP contribution < -0.4 is 21.3 Å². The van der Waals surface area contributed by atoms with Crippen molar-refractivity contribution >= 4 is 29.1 Å². The number of rotatable bonds is 6. The Bertz CT molecular complexity index is 1510. The molecular formula is C24H19ClFN5O4. The summed E-state index contributed by atoms with van der Waals surface area (Å²) in [6.45, 7) is 1.64. The van der Waals surface area contributed by atoms with Crippen LogP contribution in [0.25, 0.3) is 5.69 Å². The van der Waals surface area contributed by atoms with Crippen molar-refractivity contribution in [2.24, 2.45) is 12.8 Å². The molecule has 0 unspecified atom stereocenters. The standard InChI is InChI=1S/C24H19ClFN5O4/c1-13-19(24(34)31(30(13)2)15-6-4-3-5-7-15)23(33)29-14-8-9-17(16(26)12-14)35-18-10-11-28-21(20(18)25)22(27)32/h3-12H,1-2H3,(H2,27,32)(H,29,33).